The molecule has 0 amide bonds. The van der Waals surface area contributed by atoms with Gasteiger partial charge in [0.1, 0.15) is 0 Å². The van der Waals surface area contributed by atoms with Gasteiger partial charge in [0.15, 0.2) is 0 Å². The smallest absolute Gasteiger partial charge is 0.0271 e. The molecule has 1 aliphatic heterocycles. The average Bonchev–Trinajstić information content (AvgIpc) is 2.86. The summed E-state index contributed by atoms with van der Waals surface area (Å²) in [6.07, 6.45) is 12.6. The molecule has 1 N–H and O–H groups in total. The highest BCUT2D eigenvalue weighted by Gasteiger charge is 2.39. The summed E-state index contributed by atoms with van der Waals surface area (Å²) in [5.41, 5.74) is 4.00. The predicted molar refractivity (Wildman–Crippen MR) is 144 cm³/mol. The Labute approximate surface area is 199 Å². The Balaban J connectivity index is 0. The molecular weight excluding hydrogens is 378 g/mol. The number of nitrogens with one attached hydrogen (secondary N) is 1. The third kappa shape index (κ3) is 10.1. The molecule has 0 aromatic heterocycles. The van der Waals surface area contributed by atoms with Crippen LogP contribution in [0.1, 0.15) is 127 Å². The van der Waals surface area contributed by atoms with Crippen LogP contribution in [0.4, 0.5) is 0 Å². The van der Waals surface area contributed by atoms with E-state index in [1.807, 2.05) is 55.4 Å². The SMILES string of the molecule is CC.CC.CC.CC.CCC1C(C)CCCC1N(C)NC1CCN(C)C2CCCCC12. The molecule has 0 radical (unpaired) electrons. The van der Waals surface area contributed by atoms with Crippen molar-refractivity contribution in [3.05, 3.63) is 0 Å². The van der Waals surface area contributed by atoms with Gasteiger partial charge < -0.3 is 4.90 Å². The zero-order valence-corrected chi connectivity index (χ0v) is 23.9. The quantitative estimate of drug-likeness (QED) is 0.446. The van der Waals surface area contributed by atoms with Crippen molar-refractivity contribution in [2.24, 2.45) is 17.8 Å². The summed E-state index contributed by atoms with van der Waals surface area (Å²) in [5.74, 6) is 2.63. The lowest BCUT2D eigenvalue weighted by molar-refractivity contribution is -0.0116. The monoisotopic (exact) mass is 442 g/mol. The number of nitrogens with zero attached hydrogens (tertiary/aromatic N) is 2. The lowest BCUT2D eigenvalue weighted by Gasteiger charge is -2.49. The van der Waals surface area contributed by atoms with E-state index < -0.39 is 0 Å². The molecule has 3 nitrogen and oxygen atoms in total. The summed E-state index contributed by atoms with van der Waals surface area (Å²) in [7, 11) is 4.68. The van der Waals surface area contributed by atoms with Crippen molar-refractivity contribution in [1.29, 1.82) is 0 Å². The van der Waals surface area contributed by atoms with Gasteiger partial charge >= 0.3 is 0 Å². The fraction of sp³-hybridized carbons (Fsp3) is 1.00. The fourth-order valence-electron chi connectivity index (χ4n) is 6.01. The molecule has 1 saturated heterocycles. The molecule has 0 aromatic carbocycles. The summed E-state index contributed by atoms with van der Waals surface area (Å²) < 4.78 is 0. The lowest BCUT2D eigenvalue weighted by atomic mass is 9.74. The lowest BCUT2D eigenvalue weighted by Crippen LogP contribution is -2.60. The largest absolute Gasteiger partial charge is 0.303 e. The summed E-state index contributed by atoms with van der Waals surface area (Å²) >= 11 is 0. The minimum Gasteiger partial charge on any atom is -0.303 e. The number of rotatable bonds is 4. The summed E-state index contributed by atoms with van der Waals surface area (Å²) in [6.45, 7) is 22.1. The molecule has 190 valence electrons. The van der Waals surface area contributed by atoms with Gasteiger partial charge in [-0.15, -0.1) is 0 Å². The second-order valence-electron chi connectivity index (χ2n) is 8.68. The first-order valence-corrected chi connectivity index (χ1v) is 14.3. The van der Waals surface area contributed by atoms with Gasteiger partial charge in [0.05, 0.1) is 0 Å². The van der Waals surface area contributed by atoms with E-state index in [0.717, 1.165) is 29.8 Å². The number of hydrogen-bond acceptors (Lipinski definition) is 3. The first-order chi connectivity index (χ1) is 15.1. The standard InChI is InChI=1S/C20H39N3.4C2H6/c1-5-16-15(2)9-8-12-20(16)23(4)21-18-13-14-22(3)19-11-7-6-10-17(18)19;4*1-2/h15-21H,5-14H2,1-4H3;4*1-2H3. The highest BCUT2D eigenvalue weighted by atomic mass is 15.5. The maximum absolute atomic E-state index is 4.00. The van der Waals surface area contributed by atoms with Gasteiger partial charge in [-0.2, -0.15) is 0 Å². The van der Waals surface area contributed by atoms with Gasteiger partial charge in [0, 0.05) is 25.2 Å². The highest BCUT2D eigenvalue weighted by Crippen LogP contribution is 2.37. The minimum atomic E-state index is 0.705. The Kier molecular flexibility index (Phi) is 21.8. The number of likely N-dealkylation sites (tertiary alicyclic amines) is 1. The van der Waals surface area contributed by atoms with Crippen LogP contribution in [0.3, 0.4) is 0 Å². The van der Waals surface area contributed by atoms with Crippen LogP contribution in [-0.2, 0) is 0 Å². The van der Waals surface area contributed by atoms with Gasteiger partial charge in [-0.3, -0.25) is 5.43 Å². The molecule has 1 heterocycles. The molecule has 2 saturated carbocycles. The second-order valence-corrected chi connectivity index (χ2v) is 8.68. The van der Waals surface area contributed by atoms with Crippen molar-refractivity contribution in [1.82, 2.24) is 15.3 Å². The van der Waals surface area contributed by atoms with Gasteiger partial charge in [0.2, 0.25) is 0 Å². The third-order valence-electron chi connectivity index (χ3n) is 7.38. The Morgan fingerprint density at radius 2 is 1.39 bits per heavy atom. The van der Waals surface area contributed by atoms with Crippen LogP contribution in [0.25, 0.3) is 0 Å². The van der Waals surface area contributed by atoms with Gasteiger partial charge in [-0.05, 0) is 57.0 Å². The maximum Gasteiger partial charge on any atom is 0.0271 e. The van der Waals surface area contributed by atoms with Crippen LogP contribution in [0.2, 0.25) is 0 Å². The van der Waals surface area contributed by atoms with Crippen molar-refractivity contribution in [3.8, 4) is 0 Å². The molecule has 0 bridgehead atoms. The second kappa shape index (κ2) is 20.5. The first kappa shape index (κ1) is 33.1. The van der Waals surface area contributed by atoms with Crippen molar-refractivity contribution in [2.45, 2.75) is 145 Å². The molecule has 3 rings (SSSR count). The molecule has 3 aliphatic rings. The van der Waals surface area contributed by atoms with E-state index in [9.17, 15) is 0 Å². The third-order valence-corrected chi connectivity index (χ3v) is 7.38. The van der Waals surface area contributed by atoms with E-state index >= 15 is 0 Å². The van der Waals surface area contributed by atoms with Crippen molar-refractivity contribution in [2.75, 3.05) is 20.6 Å². The van der Waals surface area contributed by atoms with Gasteiger partial charge in [-0.1, -0.05) is 101 Å². The van der Waals surface area contributed by atoms with E-state index in [2.05, 4.69) is 43.3 Å². The highest BCUT2D eigenvalue weighted by molar-refractivity contribution is 4.94. The molecule has 3 fully saturated rings. The van der Waals surface area contributed by atoms with Crippen LogP contribution in [0.15, 0.2) is 0 Å². The Morgan fingerprint density at radius 3 is 1.97 bits per heavy atom. The van der Waals surface area contributed by atoms with Crippen molar-refractivity contribution in [3.63, 3.8) is 0 Å². The van der Waals surface area contributed by atoms with Crippen LogP contribution < -0.4 is 5.43 Å². The zero-order chi connectivity index (χ0) is 24.4. The van der Waals surface area contributed by atoms with Crippen molar-refractivity contribution >= 4 is 0 Å². The van der Waals surface area contributed by atoms with Crippen LogP contribution >= 0.6 is 0 Å². The van der Waals surface area contributed by atoms with E-state index in [1.165, 1.54) is 64.3 Å². The minimum absolute atomic E-state index is 0.705. The van der Waals surface area contributed by atoms with E-state index in [1.54, 1.807) is 0 Å². The number of hydrogen-bond donors (Lipinski definition) is 1. The van der Waals surface area contributed by atoms with E-state index in [-0.39, 0.29) is 0 Å². The Bertz CT molecular complexity index is 373. The molecule has 0 spiro atoms. The zero-order valence-electron chi connectivity index (χ0n) is 23.9. The Hall–Kier alpha value is -0.120. The van der Waals surface area contributed by atoms with Gasteiger partial charge in [0.25, 0.3) is 0 Å². The average molecular weight is 442 g/mol. The fourth-order valence-corrected chi connectivity index (χ4v) is 6.01. The molecule has 6 atom stereocenters. The van der Waals surface area contributed by atoms with Gasteiger partial charge in [-0.25, -0.2) is 5.01 Å². The maximum atomic E-state index is 4.00. The molecule has 6 unspecified atom stereocenters. The molecular formula is C28H63N3. The summed E-state index contributed by atoms with van der Waals surface area (Å²) in [4.78, 5) is 2.64. The van der Waals surface area contributed by atoms with Crippen LogP contribution in [0.5, 0.6) is 0 Å². The molecule has 0 aromatic rings. The summed E-state index contributed by atoms with van der Waals surface area (Å²) in [6, 6.07) is 2.28. The molecule has 31 heavy (non-hydrogen) atoms. The van der Waals surface area contributed by atoms with Crippen molar-refractivity contribution < 1.29 is 0 Å². The van der Waals surface area contributed by atoms with Crippen LogP contribution in [-0.4, -0.2) is 48.7 Å². The number of fused-ring (bicyclic) bond motifs is 1. The summed E-state index contributed by atoms with van der Waals surface area (Å²) in [5, 5.41) is 2.55. The first-order valence-electron chi connectivity index (χ1n) is 14.3. The normalized spacial score (nSPS) is 32.4. The molecule has 3 heteroatoms. The molecule has 2 aliphatic carbocycles. The van der Waals surface area contributed by atoms with Crippen LogP contribution in [0, 0.1) is 17.8 Å². The van der Waals surface area contributed by atoms with E-state index in [0.29, 0.717) is 6.04 Å². The number of hydrazine groups is 1. The number of piperidine rings is 1. The van der Waals surface area contributed by atoms with E-state index in [4.69, 9.17) is 0 Å². The predicted octanol–water partition coefficient (Wildman–Crippen LogP) is 8.01. The Morgan fingerprint density at radius 1 is 0.806 bits per heavy atom. The topological polar surface area (TPSA) is 18.5 Å².